The lowest BCUT2D eigenvalue weighted by Gasteiger charge is -1.98. The third-order valence-electron chi connectivity index (χ3n) is 2.27. The number of nitrogens with two attached hydrogens (primary N) is 1. The highest BCUT2D eigenvalue weighted by molar-refractivity contribution is 5.76. The van der Waals surface area contributed by atoms with Gasteiger partial charge in [-0.15, -0.1) is 0 Å². The number of oxazole rings is 1. The molecule has 0 fully saturated rings. The van der Waals surface area contributed by atoms with Gasteiger partial charge < -0.3 is 14.9 Å². The number of rotatable bonds is 5. The van der Waals surface area contributed by atoms with Crippen LogP contribution in [0.25, 0.3) is 11.1 Å². The second-order valence-electron chi connectivity index (χ2n) is 3.70. The van der Waals surface area contributed by atoms with Crippen molar-refractivity contribution in [3.05, 3.63) is 24.1 Å². The number of nitrogen functional groups attached to an aromatic ring is 1. The second kappa shape index (κ2) is 4.99. The number of hydrogen-bond donors (Lipinski definition) is 1. The minimum absolute atomic E-state index is 0.649. The summed E-state index contributed by atoms with van der Waals surface area (Å²) in [6, 6.07) is 5.48. The first-order valence-corrected chi connectivity index (χ1v) is 5.52. The third kappa shape index (κ3) is 2.52. The van der Waals surface area contributed by atoms with Gasteiger partial charge in [-0.25, -0.2) is 4.98 Å². The van der Waals surface area contributed by atoms with Gasteiger partial charge in [-0.2, -0.15) is 0 Å². The van der Waals surface area contributed by atoms with Crippen LogP contribution in [-0.2, 0) is 11.2 Å². The lowest BCUT2D eigenvalue weighted by molar-refractivity contribution is 0.133. The Labute approximate surface area is 94.4 Å². The van der Waals surface area contributed by atoms with Gasteiger partial charge >= 0.3 is 0 Å². The maximum atomic E-state index is 5.66. The molecule has 4 heteroatoms. The molecule has 1 aromatic carbocycles. The monoisotopic (exact) mass is 220 g/mol. The van der Waals surface area contributed by atoms with Gasteiger partial charge in [-0.05, 0) is 18.6 Å². The lowest BCUT2D eigenvalue weighted by Crippen LogP contribution is -1.99. The van der Waals surface area contributed by atoms with Gasteiger partial charge in [-0.1, -0.05) is 6.92 Å². The van der Waals surface area contributed by atoms with Crippen molar-refractivity contribution in [1.29, 1.82) is 0 Å². The Kier molecular flexibility index (Phi) is 3.41. The average Bonchev–Trinajstić information content (AvgIpc) is 2.66. The fourth-order valence-corrected chi connectivity index (χ4v) is 1.50. The summed E-state index contributed by atoms with van der Waals surface area (Å²) in [4.78, 5) is 4.35. The zero-order valence-corrected chi connectivity index (χ0v) is 9.40. The van der Waals surface area contributed by atoms with Crippen LogP contribution in [0.3, 0.4) is 0 Å². The number of fused-ring (bicyclic) bond motifs is 1. The number of anilines is 1. The van der Waals surface area contributed by atoms with E-state index in [9.17, 15) is 0 Å². The summed E-state index contributed by atoms with van der Waals surface area (Å²) in [5, 5.41) is 0. The molecule has 2 N–H and O–H groups in total. The van der Waals surface area contributed by atoms with Crippen LogP contribution < -0.4 is 5.73 Å². The molecule has 86 valence electrons. The van der Waals surface area contributed by atoms with Gasteiger partial charge in [0.1, 0.15) is 5.52 Å². The Balaban J connectivity index is 2.02. The van der Waals surface area contributed by atoms with Crippen molar-refractivity contribution in [3.8, 4) is 0 Å². The maximum Gasteiger partial charge on any atom is 0.197 e. The molecule has 1 heterocycles. The second-order valence-corrected chi connectivity index (χ2v) is 3.70. The molecule has 4 nitrogen and oxygen atoms in total. The fraction of sp³-hybridized carbons (Fsp3) is 0.417. The molecule has 0 radical (unpaired) electrons. The van der Waals surface area contributed by atoms with E-state index >= 15 is 0 Å². The van der Waals surface area contributed by atoms with Crippen molar-refractivity contribution >= 4 is 16.8 Å². The van der Waals surface area contributed by atoms with E-state index in [0.717, 1.165) is 24.1 Å². The Morgan fingerprint density at radius 3 is 3.06 bits per heavy atom. The standard InChI is InChI=1S/C12H16N2O2/c1-2-6-15-7-5-12-14-10-4-3-9(13)8-11(10)16-12/h3-4,8H,2,5-7,13H2,1H3. The maximum absolute atomic E-state index is 5.66. The topological polar surface area (TPSA) is 61.3 Å². The molecule has 0 aliphatic rings. The van der Waals surface area contributed by atoms with Crippen LogP contribution in [-0.4, -0.2) is 18.2 Å². The SMILES string of the molecule is CCCOCCc1nc2ccc(N)cc2o1. The molecule has 0 bridgehead atoms. The Morgan fingerprint density at radius 2 is 2.25 bits per heavy atom. The van der Waals surface area contributed by atoms with Crippen molar-refractivity contribution in [2.45, 2.75) is 19.8 Å². The van der Waals surface area contributed by atoms with E-state index in [0.29, 0.717) is 24.6 Å². The Morgan fingerprint density at radius 1 is 1.38 bits per heavy atom. The lowest BCUT2D eigenvalue weighted by atomic mass is 10.3. The van der Waals surface area contributed by atoms with Crippen molar-refractivity contribution in [2.24, 2.45) is 0 Å². The molecule has 0 spiro atoms. The predicted molar refractivity (Wildman–Crippen MR) is 63.2 cm³/mol. The van der Waals surface area contributed by atoms with E-state index in [1.54, 1.807) is 6.07 Å². The quantitative estimate of drug-likeness (QED) is 0.620. The number of hydrogen-bond acceptors (Lipinski definition) is 4. The zero-order chi connectivity index (χ0) is 11.4. The molecule has 0 unspecified atom stereocenters. The molecular weight excluding hydrogens is 204 g/mol. The van der Waals surface area contributed by atoms with Gasteiger partial charge in [-0.3, -0.25) is 0 Å². The number of ether oxygens (including phenoxy) is 1. The van der Waals surface area contributed by atoms with Crippen LogP contribution in [0.15, 0.2) is 22.6 Å². The van der Waals surface area contributed by atoms with Crippen molar-refractivity contribution in [3.63, 3.8) is 0 Å². The highest BCUT2D eigenvalue weighted by atomic mass is 16.5. The Hall–Kier alpha value is -1.55. The molecule has 2 aromatic rings. The number of benzene rings is 1. The van der Waals surface area contributed by atoms with Gasteiger partial charge in [0, 0.05) is 24.8 Å². The molecule has 2 rings (SSSR count). The molecule has 0 aliphatic heterocycles. The minimum atomic E-state index is 0.649. The first-order chi connectivity index (χ1) is 7.79. The zero-order valence-electron chi connectivity index (χ0n) is 9.40. The molecule has 0 aliphatic carbocycles. The van der Waals surface area contributed by atoms with Crippen LogP contribution in [0.2, 0.25) is 0 Å². The number of aromatic nitrogens is 1. The van der Waals surface area contributed by atoms with Gasteiger partial charge in [0.15, 0.2) is 11.5 Å². The first-order valence-electron chi connectivity index (χ1n) is 5.52. The van der Waals surface area contributed by atoms with Crippen LogP contribution in [0.1, 0.15) is 19.2 Å². The smallest absolute Gasteiger partial charge is 0.197 e. The van der Waals surface area contributed by atoms with Gasteiger partial charge in [0.25, 0.3) is 0 Å². The van der Waals surface area contributed by atoms with E-state index in [2.05, 4.69) is 11.9 Å². The molecule has 16 heavy (non-hydrogen) atoms. The number of nitrogens with zero attached hydrogens (tertiary/aromatic N) is 1. The summed E-state index contributed by atoms with van der Waals surface area (Å²) in [5.41, 5.74) is 7.94. The summed E-state index contributed by atoms with van der Waals surface area (Å²) in [6.45, 7) is 3.52. The first kappa shape index (κ1) is 11.0. The third-order valence-corrected chi connectivity index (χ3v) is 2.27. The molecule has 1 aromatic heterocycles. The Bertz CT molecular complexity index is 465. The summed E-state index contributed by atoms with van der Waals surface area (Å²) in [5.74, 6) is 0.705. The van der Waals surface area contributed by atoms with E-state index in [4.69, 9.17) is 14.9 Å². The van der Waals surface area contributed by atoms with Crippen molar-refractivity contribution < 1.29 is 9.15 Å². The normalized spacial score (nSPS) is 11.1. The van der Waals surface area contributed by atoms with Gasteiger partial charge in [0.2, 0.25) is 0 Å². The van der Waals surface area contributed by atoms with Gasteiger partial charge in [0.05, 0.1) is 6.61 Å². The van der Waals surface area contributed by atoms with Crippen molar-refractivity contribution in [2.75, 3.05) is 18.9 Å². The van der Waals surface area contributed by atoms with E-state index < -0.39 is 0 Å². The molecule has 0 atom stereocenters. The predicted octanol–water partition coefficient (Wildman–Crippen LogP) is 2.38. The minimum Gasteiger partial charge on any atom is -0.441 e. The summed E-state index contributed by atoms with van der Waals surface area (Å²) >= 11 is 0. The van der Waals surface area contributed by atoms with Crippen LogP contribution in [0.5, 0.6) is 0 Å². The molecule has 0 saturated carbocycles. The summed E-state index contributed by atoms with van der Waals surface area (Å²) in [7, 11) is 0. The van der Waals surface area contributed by atoms with E-state index in [-0.39, 0.29) is 0 Å². The highest BCUT2D eigenvalue weighted by Gasteiger charge is 2.05. The summed E-state index contributed by atoms with van der Waals surface area (Å²) in [6.07, 6.45) is 1.73. The summed E-state index contributed by atoms with van der Waals surface area (Å²) < 4.78 is 10.9. The highest BCUT2D eigenvalue weighted by Crippen LogP contribution is 2.18. The van der Waals surface area contributed by atoms with E-state index in [1.807, 2.05) is 12.1 Å². The fourth-order valence-electron chi connectivity index (χ4n) is 1.50. The van der Waals surface area contributed by atoms with E-state index in [1.165, 1.54) is 0 Å². The molecule has 0 amide bonds. The largest absolute Gasteiger partial charge is 0.441 e. The average molecular weight is 220 g/mol. The molecular formula is C12H16N2O2. The van der Waals surface area contributed by atoms with Crippen LogP contribution in [0, 0.1) is 0 Å². The molecule has 0 saturated heterocycles. The van der Waals surface area contributed by atoms with Crippen molar-refractivity contribution in [1.82, 2.24) is 4.98 Å². The van der Waals surface area contributed by atoms with Crippen LogP contribution >= 0.6 is 0 Å². The van der Waals surface area contributed by atoms with Crippen LogP contribution in [0.4, 0.5) is 5.69 Å².